The van der Waals surface area contributed by atoms with Crippen molar-refractivity contribution in [1.82, 2.24) is 15.1 Å². The minimum Gasteiger partial charge on any atom is -0.319 e. The number of hydrogen-bond donors (Lipinski definition) is 1. The molecular formula is C13H25N3. The van der Waals surface area contributed by atoms with E-state index in [1.807, 2.05) is 13.2 Å². The zero-order valence-electron chi connectivity index (χ0n) is 11.5. The summed E-state index contributed by atoms with van der Waals surface area (Å²) in [5.74, 6) is 0.522. The Morgan fingerprint density at radius 1 is 1.38 bits per heavy atom. The number of nitrogens with one attached hydrogen (secondary N) is 1. The molecule has 3 heteroatoms. The minimum atomic E-state index is 0.0670. The molecule has 0 fully saturated rings. The van der Waals surface area contributed by atoms with E-state index < -0.39 is 0 Å². The van der Waals surface area contributed by atoms with Crippen molar-refractivity contribution in [1.29, 1.82) is 0 Å². The van der Waals surface area contributed by atoms with Crippen LogP contribution in [-0.4, -0.2) is 23.4 Å². The molecule has 1 N–H and O–H groups in total. The van der Waals surface area contributed by atoms with Crippen LogP contribution in [0.25, 0.3) is 0 Å². The Kier molecular flexibility index (Phi) is 4.14. The summed E-state index contributed by atoms with van der Waals surface area (Å²) >= 11 is 0. The van der Waals surface area contributed by atoms with Gasteiger partial charge < -0.3 is 5.32 Å². The number of hydrogen-bond acceptors (Lipinski definition) is 2. The Labute approximate surface area is 99.2 Å². The van der Waals surface area contributed by atoms with E-state index in [0.717, 1.165) is 13.0 Å². The zero-order valence-corrected chi connectivity index (χ0v) is 11.5. The third-order valence-electron chi connectivity index (χ3n) is 2.71. The molecule has 1 aromatic rings. The van der Waals surface area contributed by atoms with E-state index in [0.29, 0.717) is 5.92 Å². The van der Waals surface area contributed by atoms with E-state index in [1.165, 1.54) is 11.3 Å². The van der Waals surface area contributed by atoms with Crippen LogP contribution in [0.4, 0.5) is 0 Å². The molecule has 0 saturated heterocycles. The summed E-state index contributed by atoms with van der Waals surface area (Å²) in [7, 11) is 1.99. The number of nitrogens with zero attached hydrogens (tertiary/aromatic N) is 2. The van der Waals surface area contributed by atoms with Crippen molar-refractivity contribution in [2.24, 2.45) is 0 Å². The van der Waals surface area contributed by atoms with Crippen molar-refractivity contribution < 1.29 is 0 Å². The van der Waals surface area contributed by atoms with Gasteiger partial charge >= 0.3 is 0 Å². The summed E-state index contributed by atoms with van der Waals surface area (Å²) in [6, 6.07) is 0. The van der Waals surface area contributed by atoms with Crippen molar-refractivity contribution >= 4 is 0 Å². The van der Waals surface area contributed by atoms with Gasteiger partial charge in [0.15, 0.2) is 0 Å². The third-order valence-corrected chi connectivity index (χ3v) is 2.71. The van der Waals surface area contributed by atoms with Gasteiger partial charge in [0.25, 0.3) is 0 Å². The van der Waals surface area contributed by atoms with Crippen LogP contribution in [0.3, 0.4) is 0 Å². The van der Waals surface area contributed by atoms with Crippen LogP contribution in [-0.2, 0) is 12.0 Å². The summed E-state index contributed by atoms with van der Waals surface area (Å²) in [6.45, 7) is 12.1. The molecule has 1 aromatic heterocycles. The van der Waals surface area contributed by atoms with E-state index in [9.17, 15) is 0 Å². The van der Waals surface area contributed by atoms with Gasteiger partial charge in [0, 0.05) is 5.69 Å². The van der Waals surface area contributed by atoms with Crippen LogP contribution in [0.1, 0.15) is 51.8 Å². The molecule has 0 aliphatic heterocycles. The molecule has 1 rings (SSSR count). The van der Waals surface area contributed by atoms with Gasteiger partial charge in [0.05, 0.1) is 11.7 Å². The Morgan fingerprint density at radius 2 is 2.00 bits per heavy atom. The highest BCUT2D eigenvalue weighted by Crippen LogP contribution is 2.25. The smallest absolute Gasteiger partial charge is 0.0546 e. The lowest BCUT2D eigenvalue weighted by atomic mass is 10.0. The van der Waals surface area contributed by atoms with Crippen molar-refractivity contribution in [2.75, 3.05) is 13.6 Å². The molecule has 0 bridgehead atoms. The maximum absolute atomic E-state index is 4.55. The lowest BCUT2D eigenvalue weighted by Crippen LogP contribution is -2.26. The van der Waals surface area contributed by atoms with Crippen LogP contribution >= 0.6 is 0 Å². The van der Waals surface area contributed by atoms with Gasteiger partial charge in [-0.2, -0.15) is 5.10 Å². The van der Waals surface area contributed by atoms with E-state index in [2.05, 4.69) is 49.7 Å². The molecule has 0 amide bonds. The fourth-order valence-corrected chi connectivity index (χ4v) is 1.99. The van der Waals surface area contributed by atoms with Gasteiger partial charge in [-0.1, -0.05) is 13.8 Å². The average Bonchev–Trinajstić information content (AvgIpc) is 2.57. The lowest BCUT2D eigenvalue weighted by molar-refractivity contribution is 0.338. The first-order valence-corrected chi connectivity index (χ1v) is 6.09. The number of rotatable bonds is 4. The van der Waals surface area contributed by atoms with Crippen molar-refractivity contribution in [3.8, 4) is 0 Å². The van der Waals surface area contributed by atoms with E-state index >= 15 is 0 Å². The number of likely N-dealkylation sites (N-methyl/N-ethyl adjacent to an activating group) is 1. The monoisotopic (exact) mass is 223 g/mol. The van der Waals surface area contributed by atoms with Crippen molar-refractivity contribution in [2.45, 2.75) is 52.5 Å². The molecule has 0 aliphatic rings. The van der Waals surface area contributed by atoms with Gasteiger partial charge in [0.1, 0.15) is 0 Å². The van der Waals surface area contributed by atoms with E-state index in [-0.39, 0.29) is 5.54 Å². The third kappa shape index (κ3) is 2.85. The number of aromatic nitrogens is 2. The Bertz CT molecular complexity index is 331. The predicted octanol–water partition coefficient (Wildman–Crippen LogP) is 2.52. The maximum Gasteiger partial charge on any atom is 0.0546 e. The highest BCUT2D eigenvalue weighted by molar-refractivity contribution is 5.22. The van der Waals surface area contributed by atoms with Crippen molar-refractivity contribution in [3.63, 3.8) is 0 Å². The molecule has 3 nitrogen and oxygen atoms in total. The van der Waals surface area contributed by atoms with Gasteiger partial charge in [0.2, 0.25) is 0 Å². The second kappa shape index (κ2) is 5.00. The van der Waals surface area contributed by atoms with Gasteiger partial charge in [-0.3, -0.25) is 4.68 Å². The first-order chi connectivity index (χ1) is 7.38. The molecular weight excluding hydrogens is 198 g/mol. The summed E-state index contributed by atoms with van der Waals surface area (Å²) in [5, 5.41) is 7.74. The average molecular weight is 223 g/mol. The first-order valence-electron chi connectivity index (χ1n) is 6.09. The first kappa shape index (κ1) is 13.2. The minimum absolute atomic E-state index is 0.0670. The summed E-state index contributed by atoms with van der Waals surface area (Å²) < 4.78 is 2.17. The zero-order chi connectivity index (χ0) is 12.3. The molecule has 0 radical (unpaired) electrons. The Balaban J connectivity index is 3.07. The van der Waals surface area contributed by atoms with Crippen LogP contribution in [0, 0.1) is 0 Å². The van der Waals surface area contributed by atoms with Gasteiger partial charge in [-0.05, 0) is 52.3 Å². The highest BCUT2D eigenvalue weighted by atomic mass is 15.3. The maximum atomic E-state index is 4.55. The topological polar surface area (TPSA) is 29.9 Å². The van der Waals surface area contributed by atoms with E-state index in [1.54, 1.807) is 0 Å². The summed E-state index contributed by atoms with van der Waals surface area (Å²) in [4.78, 5) is 0. The lowest BCUT2D eigenvalue weighted by Gasteiger charge is -2.24. The molecule has 0 aromatic carbocycles. The van der Waals surface area contributed by atoms with Crippen LogP contribution in [0.5, 0.6) is 0 Å². The molecule has 1 heterocycles. The van der Waals surface area contributed by atoms with Crippen LogP contribution in [0.15, 0.2) is 6.20 Å². The standard InChI is InChI=1S/C13H25N3/c1-10(2)12-11(7-8-14-6)9-15-16(12)13(3,4)5/h9-10,14H,7-8H2,1-6H3. The van der Waals surface area contributed by atoms with E-state index in [4.69, 9.17) is 0 Å². The second-order valence-corrected chi connectivity index (χ2v) is 5.65. The molecule has 16 heavy (non-hydrogen) atoms. The predicted molar refractivity (Wildman–Crippen MR) is 68.9 cm³/mol. The fraction of sp³-hybridized carbons (Fsp3) is 0.769. The Hall–Kier alpha value is -0.830. The molecule has 0 atom stereocenters. The molecule has 92 valence electrons. The molecule has 0 aliphatic carbocycles. The highest BCUT2D eigenvalue weighted by Gasteiger charge is 2.22. The molecule has 0 unspecified atom stereocenters. The summed E-state index contributed by atoms with van der Waals surface area (Å²) in [5.41, 5.74) is 2.82. The Morgan fingerprint density at radius 3 is 2.44 bits per heavy atom. The van der Waals surface area contributed by atoms with Crippen LogP contribution in [0.2, 0.25) is 0 Å². The van der Waals surface area contributed by atoms with Crippen LogP contribution < -0.4 is 5.32 Å². The second-order valence-electron chi connectivity index (χ2n) is 5.65. The van der Waals surface area contributed by atoms with Crippen molar-refractivity contribution in [3.05, 3.63) is 17.5 Å². The fourth-order valence-electron chi connectivity index (χ4n) is 1.99. The van der Waals surface area contributed by atoms with Gasteiger partial charge in [-0.25, -0.2) is 0 Å². The van der Waals surface area contributed by atoms with Gasteiger partial charge in [-0.15, -0.1) is 0 Å². The molecule has 0 saturated carbocycles. The molecule has 0 spiro atoms. The SMILES string of the molecule is CNCCc1cnn(C(C)(C)C)c1C(C)C. The summed E-state index contributed by atoms with van der Waals surface area (Å²) in [6.07, 6.45) is 3.08. The normalized spacial score (nSPS) is 12.4. The quantitative estimate of drug-likeness (QED) is 0.850. The largest absolute Gasteiger partial charge is 0.319 e.